The van der Waals surface area contributed by atoms with Crippen LogP contribution in [0.15, 0.2) is 34.4 Å². The molecular formula is C18H20ClN3O3S. The lowest BCUT2D eigenvalue weighted by Gasteiger charge is -2.14. The van der Waals surface area contributed by atoms with Crippen LogP contribution in [-0.2, 0) is 11.3 Å². The summed E-state index contributed by atoms with van der Waals surface area (Å²) >= 11 is 7.71. The number of rotatable bonds is 8. The molecule has 3 aromatic rings. The molecule has 8 heteroatoms. The molecule has 0 saturated carbocycles. The summed E-state index contributed by atoms with van der Waals surface area (Å²) < 4.78 is 12.6. The second-order valence-electron chi connectivity index (χ2n) is 5.60. The number of para-hydroxylation sites is 1. The second-order valence-corrected chi connectivity index (χ2v) is 6.84. The molecule has 0 spiro atoms. The predicted molar refractivity (Wildman–Crippen MR) is 105 cm³/mol. The smallest absolute Gasteiger partial charge is 0.259 e. The third-order valence-electron chi connectivity index (χ3n) is 3.73. The van der Waals surface area contributed by atoms with Crippen LogP contribution in [0.5, 0.6) is 5.75 Å². The fraction of sp³-hybridized carbons (Fsp3) is 0.333. The van der Waals surface area contributed by atoms with Crippen LogP contribution in [0.1, 0.15) is 18.3 Å². The molecule has 1 aromatic carbocycles. The third-order valence-corrected chi connectivity index (χ3v) is 4.98. The molecule has 0 aliphatic rings. The van der Waals surface area contributed by atoms with Crippen LogP contribution >= 0.6 is 22.9 Å². The maximum Gasteiger partial charge on any atom is 0.259 e. The average molecular weight is 394 g/mol. The number of hydrogen-bond donors (Lipinski definition) is 1. The van der Waals surface area contributed by atoms with E-state index in [-0.39, 0.29) is 5.56 Å². The number of aryl methyl sites for hydroxylation is 1. The van der Waals surface area contributed by atoms with Crippen LogP contribution in [0.4, 0.5) is 5.69 Å². The molecule has 0 saturated heterocycles. The summed E-state index contributed by atoms with van der Waals surface area (Å²) in [5.74, 6) is 0.568. The lowest BCUT2D eigenvalue weighted by atomic mass is 10.2. The number of nitrogens with zero attached hydrogens (tertiary/aromatic N) is 2. The van der Waals surface area contributed by atoms with E-state index < -0.39 is 0 Å². The van der Waals surface area contributed by atoms with Gasteiger partial charge < -0.3 is 14.8 Å². The molecule has 3 rings (SSSR count). The van der Waals surface area contributed by atoms with Crippen LogP contribution in [0.3, 0.4) is 0 Å². The summed E-state index contributed by atoms with van der Waals surface area (Å²) in [6.45, 7) is 5.76. The van der Waals surface area contributed by atoms with Crippen molar-refractivity contribution in [1.82, 2.24) is 9.38 Å². The van der Waals surface area contributed by atoms with Crippen molar-refractivity contribution in [3.8, 4) is 5.75 Å². The van der Waals surface area contributed by atoms with Gasteiger partial charge in [-0.25, -0.2) is 4.98 Å². The Kier molecular flexibility index (Phi) is 6.13. The van der Waals surface area contributed by atoms with Gasteiger partial charge in [0.1, 0.15) is 6.61 Å². The van der Waals surface area contributed by atoms with Gasteiger partial charge in [-0.1, -0.05) is 17.7 Å². The number of halogens is 1. The lowest BCUT2D eigenvalue weighted by molar-refractivity contribution is 0.110. The number of thiazole rings is 1. The first-order chi connectivity index (χ1) is 12.6. The van der Waals surface area contributed by atoms with E-state index in [1.807, 2.05) is 31.4 Å². The van der Waals surface area contributed by atoms with E-state index in [1.165, 1.54) is 11.3 Å². The maximum absolute atomic E-state index is 12.3. The topological polar surface area (TPSA) is 64.9 Å². The molecule has 0 amide bonds. The van der Waals surface area contributed by atoms with Crippen LogP contribution in [-0.4, -0.2) is 29.2 Å². The van der Waals surface area contributed by atoms with Crippen molar-refractivity contribution in [2.45, 2.75) is 20.4 Å². The Bertz CT molecular complexity index is 954. The Hall–Kier alpha value is -2.09. The number of aromatic nitrogens is 2. The predicted octanol–water partition coefficient (Wildman–Crippen LogP) is 3.75. The molecule has 138 valence electrons. The van der Waals surface area contributed by atoms with Crippen molar-refractivity contribution in [1.29, 1.82) is 0 Å². The van der Waals surface area contributed by atoms with Gasteiger partial charge in [-0.05, 0) is 26.0 Å². The van der Waals surface area contributed by atoms with Crippen LogP contribution < -0.4 is 15.6 Å². The standard InChI is InChI=1S/C18H20ClN3O3S/c1-3-24-7-8-25-17-14(19)5-4-6-15(17)20-10-13-9-16(23)22-12(2)11-26-18(22)21-13/h4-6,9,11,20H,3,7-8,10H2,1-2H3. The van der Waals surface area contributed by atoms with Crippen molar-refractivity contribution in [2.75, 3.05) is 25.1 Å². The Morgan fingerprint density at radius 1 is 1.35 bits per heavy atom. The summed E-state index contributed by atoms with van der Waals surface area (Å²) in [6, 6.07) is 7.03. The summed E-state index contributed by atoms with van der Waals surface area (Å²) in [6.07, 6.45) is 0. The van der Waals surface area contributed by atoms with E-state index in [4.69, 9.17) is 21.1 Å². The van der Waals surface area contributed by atoms with Crippen LogP contribution in [0, 0.1) is 6.92 Å². The monoisotopic (exact) mass is 393 g/mol. The molecule has 2 aromatic heterocycles. The van der Waals surface area contributed by atoms with E-state index in [2.05, 4.69) is 10.3 Å². The largest absolute Gasteiger partial charge is 0.487 e. The first kappa shape index (κ1) is 18.7. The lowest BCUT2D eigenvalue weighted by Crippen LogP contribution is -2.16. The normalized spacial score (nSPS) is 11.0. The van der Waals surface area contributed by atoms with E-state index >= 15 is 0 Å². The molecule has 0 aliphatic heterocycles. The molecule has 0 bridgehead atoms. The number of fused-ring (bicyclic) bond motifs is 1. The summed E-state index contributed by atoms with van der Waals surface area (Å²) in [4.78, 5) is 17.5. The fourth-order valence-electron chi connectivity index (χ4n) is 2.52. The van der Waals surface area contributed by atoms with Crippen molar-refractivity contribution < 1.29 is 9.47 Å². The van der Waals surface area contributed by atoms with E-state index in [1.54, 1.807) is 16.5 Å². The third kappa shape index (κ3) is 4.17. The van der Waals surface area contributed by atoms with Gasteiger partial charge in [-0.3, -0.25) is 9.20 Å². The fourth-order valence-corrected chi connectivity index (χ4v) is 3.64. The number of hydrogen-bond acceptors (Lipinski definition) is 6. The molecule has 0 aliphatic carbocycles. The molecule has 0 unspecified atom stereocenters. The number of anilines is 1. The number of benzene rings is 1. The molecule has 0 atom stereocenters. The zero-order chi connectivity index (χ0) is 18.5. The van der Waals surface area contributed by atoms with Crippen LogP contribution in [0.25, 0.3) is 4.96 Å². The van der Waals surface area contributed by atoms with Gasteiger partial charge in [0.15, 0.2) is 10.7 Å². The Balaban J connectivity index is 1.75. The summed E-state index contributed by atoms with van der Waals surface area (Å²) in [5, 5.41) is 5.69. The quantitative estimate of drug-likeness (QED) is 0.590. The van der Waals surface area contributed by atoms with E-state index in [9.17, 15) is 4.79 Å². The van der Waals surface area contributed by atoms with Gasteiger partial charge in [0.2, 0.25) is 0 Å². The van der Waals surface area contributed by atoms with E-state index in [0.29, 0.717) is 47.8 Å². The molecule has 2 heterocycles. The van der Waals surface area contributed by atoms with Gasteiger partial charge in [0, 0.05) is 23.7 Å². The van der Waals surface area contributed by atoms with Gasteiger partial charge in [-0.2, -0.15) is 0 Å². The highest BCUT2D eigenvalue weighted by atomic mass is 35.5. The van der Waals surface area contributed by atoms with Crippen LogP contribution in [0.2, 0.25) is 5.02 Å². The highest BCUT2D eigenvalue weighted by molar-refractivity contribution is 7.15. The van der Waals surface area contributed by atoms with E-state index in [0.717, 1.165) is 11.4 Å². The molecule has 0 fully saturated rings. The minimum Gasteiger partial charge on any atom is -0.487 e. The molecule has 0 radical (unpaired) electrons. The minimum atomic E-state index is -0.0789. The van der Waals surface area contributed by atoms with Gasteiger partial charge in [-0.15, -0.1) is 11.3 Å². The molecule has 26 heavy (non-hydrogen) atoms. The van der Waals surface area contributed by atoms with Gasteiger partial charge in [0.05, 0.1) is 29.6 Å². The van der Waals surface area contributed by atoms with Gasteiger partial charge >= 0.3 is 0 Å². The van der Waals surface area contributed by atoms with Crippen molar-refractivity contribution >= 4 is 33.6 Å². The SMILES string of the molecule is CCOCCOc1c(Cl)cccc1NCc1cc(=O)n2c(C)csc2n1. The number of ether oxygens (including phenoxy) is 2. The molecule has 6 nitrogen and oxygen atoms in total. The van der Waals surface area contributed by atoms with Gasteiger partial charge in [0.25, 0.3) is 5.56 Å². The maximum atomic E-state index is 12.3. The number of nitrogens with one attached hydrogen (secondary N) is 1. The molecular weight excluding hydrogens is 374 g/mol. The highest BCUT2D eigenvalue weighted by Gasteiger charge is 2.10. The van der Waals surface area contributed by atoms with Crippen molar-refractivity contribution in [3.63, 3.8) is 0 Å². The first-order valence-corrected chi connectivity index (χ1v) is 9.55. The molecule has 1 N–H and O–H groups in total. The Labute approximate surface area is 160 Å². The Morgan fingerprint density at radius 2 is 2.19 bits per heavy atom. The zero-order valence-corrected chi connectivity index (χ0v) is 16.2. The first-order valence-electron chi connectivity index (χ1n) is 8.30. The average Bonchev–Trinajstić information content (AvgIpc) is 3.00. The summed E-state index contributed by atoms with van der Waals surface area (Å²) in [5.41, 5.74) is 2.22. The highest BCUT2D eigenvalue weighted by Crippen LogP contribution is 2.33. The van der Waals surface area contributed by atoms with Crippen molar-refractivity contribution in [3.05, 3.63) is 56.4 Å². The minimum absolute atomic E-state index is 0.0789. The summed E-state index contributed by atoms with van der Waals surface area (Å²) in [7, 11) is 0. The van der Waals surface area contributed by atoms with Crippen molar-refractivity contribution in [2.24, 2.45) is 0 Å². The Morgan fingerprint density at radius 3 is 3.00 bits per heavy atom. The zero-order valence-electron chi connectivity index (χ0n) is 14.6. The second kappa shape index (κ2) is 8.53.